The van der Waals surface area contributed by atoms with Crippen LogP contribution in [0.4, 0.5) is 0 Å². The fourth-order valence-electron chi connectivity index (χ4n) is 2.14. The first kappa shape index (κ1) is 35.9. The molecule has 0 bridgehead atoms. The molecular weight excluding hydrogens is 428 g/mol. The van der Waals surface area contributed by atoms with Crippen molar-refractivity contribution in [2.24, 2.45) is 4.99 Å². The van der Waals surface area contributed by atoms with Crippen LogP contribution >= 0.6 is 0 Å². The van der Waals surface area contributed by atoms with E-state index < -0.39 is 11.9 Å². The molecule has 0 aromatic heterocycles. The minimum atomic E-state index is -1.08. The van der Waals surface area contributed by atoms with Crippen molar-refractivity contribution in [3.05, 3.63) is 12.2 Å². The maximum atomic E-state index is 10.3. The topological polar surface area (TPSA) is 110 Å². The largest absolute Gasteiger partial charge is 2.00 e. The van der Waals surface area contributed by atoms with Crippen LogP contribution in [0.2, 0.25) is 3.67 Å². The molecule has 0 aromatic carbocycles. The van der Waals surface area contributed by atoms with E-state index in [9.17, 15) is 4.79 Å². The molecule has 8 heteroatoms. The van der Waals surface area contributed by atoms with Crippen LogP contribution in [0.25, 0.3) is 0 Å². The number of carbonyl (C=O) groups excluding carboxylic acids is 3. The summed E-state index contributed by atoms with van der Waals surface area (Å²) in [6.07, 6.45) is 19.5. The number of aliphatic carboxylic acids is 2. The molecule has 165 valence electrons. The third kappa shape index (κ3) is 58.4. The number of hydrogen-bond acceptors (Lipinski definition) is 6. The molecule has 1 radical (unpaired) electrons. The van der Waals surface area contributed by atoms with Gasteiger partial charge in [-0.25, -0.2) is 0 Å². The molecule has 0 saturated carbocycles. The summed E-state index contributed by atoms with van der Waals surface area (Å²) in [5, 5.41) is 17.8. The van der Waals surface area contributed by atoms with Crippen LogP contribution in [-0.4, -0.2) is 58.4 Å². The van der Waals surface area contributed by atoms with E-state index in [1.807, 2.05) is 0 Å². The van der Waals surface area contributed by atoms with Gasteiger partial charge >= 0.3 is 120 Å². The van der Waals surface area contributed by atoms with Crippen molar-refractivity contribution < 1.29 is 41.4 Å². The monoisotopic (exact) mass is 464 g/mol. The molecule has 0 N–H and O–H groups in total. The zero-order chi connectivity index (χ0) is 22.0. The first-order chi connectivity index (χ1) is 13.3. The fourth-order valence-corrected chi connectivity index (χ4v) is 2.64. The Kier molecular flexibility index (Phi) is 39.9. The van der Waals surface area contributed by atoms with Gasteiger partial charge in [-0.15, -0.1) is 0 Å². The Morgan fingerprint density at radius 1 is 0.931 bits per heavy atom. The molecule has 0 fully saturated rings. The van der Waals surface area contributed by atoms with Crippen LogP contribution in [-0.2, 0) is 31.2 Å². The predicted octanol–water partition coefficient (Wildman–Crippen LogP) is 2.20. The fraction of sp³-hybridized carbons (Fsp3) is 0.714. The number of nitrogens with zero attached hydrogens (tertiary/aromatic N) is 1. The molecule has 1 rings (SSSR count). The van der Waals surface area contributed by atoms with Crippen molar-refractivity contribution in [2.75, 3.05) is 6.54 Å². The van der Waals surface area contributed by atoms with Crippen molar-refractivity contribution in [2.45, 2.75) is 88.6 Å². The number of rotatable bonds is 10. The molecule has 0 amide bonds. The summed E-state index contributed by atoms with van der Waals surface area (Å²) in [4.78, 5) is 31.7. The molecule has 1 heterocycles. The average molecular weight is 464 g/mol. The molecule has 1 aliphatic rings. The van der Waals surface area contributed by atoms with E-state index in [0.717, 1.165) is 13.8 Å². The summed E-state index contributed by atoms with van der Waals surface area (Å²) >= 11 is 1.41. The molecule has 0 saturated heterocycles. The first-order valence-electron chi connectivity index (χ1n) is 10.3. The Bertz CT molecular complexity index is 413. The second kappa shape index (κ2) is 32.2. The van der Waals surface area contributed by atoms with Crippen molar-refractivity contribution in [3.8, 4) is 0 Å². The minimum Gasteiger partial charge on any atom is -0.293 e. The zero-order valence-electron chi connectivity index (χ0n) is 18.5. The Morgan fingerprint density at radius 3 is 1.55 bits per heavy atom. The molecule has 0 aliphatic carbocycles. The Hall–Kier alpha value is -0.474. The molecular formula is C21H36CoNNaO5. The maximum Gasteiger partial charge on any atom is 2.00 e. The molecule has 1 aliphatic heterocycles. The quantitative estimate of drug-likeness (QED) is 0.364. The van der Waals surface area contributed by atoms with Crippen LogP contribution in [0.5, 0.6) is 0 Å². The normalized spacial score (nSPS) is 10.9. The number of allylic oxidation sites excluding steroid dienone is 1. The Labute approximate surface area is 204 Å². The smallest absolute Gasteiger partial charge is 0.293 e. The number of carbonyl (C=O) groups is 3. The van der Waals surface area contributed by atoms with Crippen LogP contribution < -0.4 is 10.2 Å². The third-order valence-electron chi connectivity index (χ3n) is 3.43. The Balaban J connectivity index is -0.000000164. The average Bonchev–Trinajstić information content (AvgIpc) is 2.61. The van der Waals surface area contributed by atoms with E-state index in [0.29, 0.717) is 6.54 Å². The van der Waals surface area contributed by atoms with Crippen molar-refractivity contribution in [1.29, 1.82) is 0 Å². The van der Waals surface area contributed by atoms with Gasteiger partial charge < -0.3 is 19.8 Å². The van der Waals surface area contributed by atoms with Gasteiger partial charge in [-0.1, -0.05) is 0 Å². The van der Waals surface area contributed by atoms with Crippen molar-refractivity contribution >= 4 is 51.9 Å². The number of hydrogen-bond donors (Lipinski definition) is 0. The van der Waals surface area contributed by atoms with E-state index in [1.54, 1.807) is 12.3 Å². The van der Waals surface area contributed by atoms with Gasteiger partial charge in [-0.2, -0.15) is 0 Å². The predicted molar refractivity (Wildman–Crippen MR) is 111 cm³/mol. The summed E-state index contributed by atoms with van der Waals surface area (Å²) in [5.41, 5.74) is 0. The van der Waals surface area contributed by atoms with Crippen molar-refractivity contribution in [3.63, 3.8) is 0 Å². The molecule has 0 aromatic rings. The summed E-state index contributed by atoms with van der Waals surface area (Å²) in [7, 11) is 0. The summed E-state index contributed by atoms with van der Waals surface area (Å²) in [5.74, 6) is -2.08. The molecule has 0 unspecified atom stereocenters. The summed E-state index contributed by atoms with van der Waals surface area (Å²) in [6.45, 7) is 4.56. The number of ketones is 1. The van der Waals surface area contributed by atoms with Crippen LogP contribution in [0.1, 0.15) is 85.0 Å². The zero-order valence-corrected chi connectivity index (χ0v) is 21.6. The van der Waals surface area contributed by atoms with Gasteiger partial charge in [0.05, 0.1) is 0 Å². The molecule has 0 spiro atoms. The summed E-state index contributed by atoms with van der Waals surface area (Å²) in [6, 6.07) is 0. The second-order valence-corrected chi connectivity index (χ2v) is 7.48. The van der Waals surface area contributed by atoms with Gasteiger partial charge in [-0.3, -0.25) is 9.79 Å². The molecule has 6 nitrogen and oxygen atoms in total. The third-order valence-corrected chi connectivity index (χ3v) is 4.13. The van der Waals surface area contributed by atoms with Crippen LogP contribution in [0.15, 0.2) is 17.1 Å². The molecule has 29 heavy (non-hydrogen) atoms. The molecule has 0 atom stereocenters. The minimum absolute atomic E-state index is 0. The van der Waals surface area contributed by atoms with Gasteiger partial charge in [-0.05, 0) is 26.0 Å². The van der Waals surface area contributed by atoms with Crippen molar-refractivity contribution in [1.82, 2.24) is 0 Å². The SMILES string of the molecule is CC(=O)[O-].CC(=O)[O-].CCCCCCCCCCC[CH2][Na].O=C1C=CC=NC1.[Co+2]. The number of dihydropyridines is 1. The van der Waals surface area contributed by atoms with E-state index in [2.05, 4.69) is 11.9 Å². The van der Waals surface area contributed by atoms with Crippen LogP contribution in [0.3, 0.4) is 0 Å². The van der Waals surface area contributed by atoms with E-state index in [1.165, 1.54) is 102 Å². The number of carboxylic acids is 2. The maximum absolute atomic E-state index is 10.3. The first-order valence-corrected chi connectivity index (χ1v) is 11.7. The number of carboxylic acid groups (broad SMARTS) is 2. The van der Waals surface area contributed by atoms with E-state index in [4.69, 9.17) is 19.8 Å². The number of unbranched alkanes of at least 4 members (excludes halogenated alkanes) is 9. The van der Waals surface area contributed by atoms with E-state index in [-0.39, 0.29) is 22.6 Å². The number of aliphatic imine (C=N–C) groups is 1. The van der Waals surface area contributed by atoms with Gasteiger partial charge in [0.15, 0.2) is 5.78 Å². The van der Waals surface area contributed by atoms with Gasteiger partial charge in [0.2, 0.25) is 0 Å². The van der Waals surface area contributed by atoms with Gasteiger partial charge in [0.1, 0.15) is 6.54 Å². The van der Waals surface area contributed by atoms with Gasteiger partial charge in [0, 0.05) is 18.2 Å². The van der Waals surface area contributed by atoms with Crippen LogP contribution in [0, 0.1) is 0 Å². The Morgan fingerprint density at radius 2 is 1.31 bits per heavy atom. The van der Waals surface area contributed by atoms with E-state index >= 15 is 0 Å². The second-order valence-electron chi connectivity index (χ2n) is 6.48. The summed E-state index contributed by atoms with van der Waals surface area (Å²) < 4.78 is 1.51. The van der Waals surface area contributed by atoms with Gasteiger partial charge in [0.25, 0.3) is 0 Å². The standard InChI is InChI=1S/C12H25.C5H5NO.2C2H4O2.Co.Na/c1-3-5-7-9-11-12-10-8-6-4-2;7-5-2-1-3-6-4-5;2*1-2(3)4;;/h1,3-12H2,2H3;1-3H,4H2;2*1H3,(H,3,4);;/q;;;;+2;/p-2.